The first-order chi connectivity index (χ1) is 15.0. The summed E-state index contributed by atoms with van der Waals surface area (Å²) in [5, 5.41) is 11.5. The van der Waals surface area contributed by atoms with E-state index in [4.69, 9.17) is 4.74 Å². The molecule has 0 amide bonds. The van der Waals surface area contributed by atoms with Gasteiger partial charge in [-0.2, -0.15) is 0 Å². The van der Waals surface area contributed by atoms with Gasteiger partial charge in [-0.1, -0.05) is 55.8 Å². The molecule has 3 fully saturated rings. The molecule has 6 atom stereocenters. The molecule has 1 saturated carbocycles. The van der Waals surface area contributed by atoms with E-state index in [9.17, 15) is 9.90 Å². The molecule has 5 nitrogen and oxygen atoms in total. The van der Waals surface area contributed by atoms with E-state index in [1.165, 1.54) is 16.0 Å². The second-order valence-corrected chi connectivity index (χ2v) is 10.7. The number of ether oxygens (including phenoxy) is 1. The molecule has 1 aromatic rings. The molecule has 2 heterocycles. The number of aliphatic hydroxyl groups excluding tert-OH is 1. The van der Waals surface area contributed by atoms with Gasteiger partial charge < -0.3 is 19.6 Å². The summed E-state index contributed by atoms with van der Waals surface area (Å²) in [5.41, 5.74) is 2.51. The molecular weight excluding hydrogens is 388 g/mol. The molecule has 1 aromatic carbocycles. The van der Waals surface area contributed by atoms with Crippen molar-refractivity contribution in [2.24, 2.45) is 23.2 Å². The molecule has 31 heavy (non-hydrogen) atoms. The van der Waals surface area contributed by atoms with Crippen LogP contribution in [0.25, 0.3) is 0 Å². The number of quaternary nitrogens is 2. The van der Waals surface area contributed by atoms with Crippen molar-refractivity contribution >= 4 is 5.97 Å². The van der Waals surface area contributed by atoms with Crippen LogP contribution in [0.3, 0.4) is 0 Å². The van der Waals surface area contributed by atoms with E-state index in [0.717, 1.165) is 58.5 Å². The van der Waals surface area contributed by atoms with Crippen molar-refractivity contribution in [1.82, 2.24) is 0 Å². The number of benzene rings is 1. The number of aliphatic hydroxyl groups is 1. The number of rotatable bonds is 4. The molecule has 0 bridgehead atoms. The van der Waals surface area contributed by atoms with E-state index in [-0.39, 0.29) is 29.3 Å². The molecule has 0 aromatic heterocycles. The Labute approximate surface area is 186 Å². The van der Waals surface area contributed by atoms with Gasteiger partial charge in [-0.05, 0) is 18.8 Å². The Morgan fingerprint density at radius 1 is 1.13 bits per heavy atom. The Balaban J connectivity index is 1.24. The Hall–Kier alpha value is -1.69. The fourth-order valence-corrected chi connectivity index (χ4v) is 6.83. The van der Waals surface area contributed by atoms with E-state index in [1.54, 1.807) is 4.90 Å². The van der Waals surface area contributed by atoms with Crippen LogP contribution in [0.15, 0.2) is 42.0 Å². The van der Waals surface area contributed by atoms with Crippen molar-refractivity contribution in [2.75, 3.05) is 32.7 Å². The first-order valence-electron chi connectivity index (χ1n) is 12.3. The third-order valence-electron chi connectivity index (χ3n) is 9.04. The molecule has 168 valence electrons. The summed E-state index contributed by atoms with van der Waals surface area (Å²) in [5.74, 6) is 0.143. The average molecular weight is 427 g/mol. The van der Waals surface area contributed by atoms with Crippen LogP contribution in [0.5, 0.6) is 0 Å². The first kappa shape index (κ1) is 21.2. The van der Waals surface area contributed by atoms with Crippen LogP contribution in [0.1, 0.15) is 38.7 Å². The second-order valence-electron chi connectivity index (χ2n) is 10.7. The number of hydrogen-bond acceptors (Lipinski definition) is 3. The predicted octanol–water partition coefficient (Wildman–Crippen LogP) is 0.255. The Kier molecular flexibility index (Phi) is 5.70. The van der Waals surface area contributed by atoms with Gasteiger partial charge in [0.1, 0.15) is 44.7 Å². The SMILES string of the molecule is C[C@@H]1CCC=C2C[C@H]3OC(=O)[C@@H](C[NH+]4CC[NH+](Cc5ccccc5)CC4)[C@H]3[C@@H](O)[C@@]21C. The van der Waals surface area contributed by atoms with Crippen molar-refractivity contribution < 1.29 is 24.4 Å². The summed E-state index contributed by atoms with van der Waals surface area (Å²) >= 11 is 0. The molecule has 0 unspecified atom stereocenters. The Morgan fingerprint density at radius 3 is 2.58 bits per heavy atom. The quantitative estimate of drug-likeness (QED) is 0.478. The zero-order valence-electron chi connectivity index (χ0n) is 19.0. The van der Waals surface area contributed by atoms with Gasteiger partial charge in [-0.3, -0.25) is 4.79 Å². The highest BCUT2D eigenvalue weighted by Gasteiger charge is 2.60. The number of carbonyl (C=O) groups is 1. The molecular formula is C26H38N2O3+2. The van der Waals surface area contributed by atoms with Crippen LogP contribution in [-0.4, -0.2) is 56.0 Å². The summed E-state index contributed by atoms with van der Waals surface area (Å²) < 4.78 is 5.86. The number of piperazine rings is 1. The monoisotopic (exact) mass is 426 g/mol. The highest BCUT2D eigenvalue weighted by molar-refractivity contribution is 5.76. The number of esters is 1. The van der Waals surface area contributed by atoms with Gasteiger partial charge in [0.05, 0.1) is 12.6 Å². The highest BCUT2D eigenvalue weighted by atomic mass is 16.6. The van der Waals surface area contributed by atoms with Gasteiger partial charge in [0.25, 0.3) is 0 Å². The fraction of sp³-hybridized carbons (Fsp3) is 0.654. The lowest BCUT2D eigenvalue weighted by Gasteiger charge is -2.51. The van der Waals surface area contributed by atoms with E-state index in [0.29, 0.717) is 5.92 Å². The molecule has 2 aliphatic heterocycles. The summed E-state index contributed by atoms with van der Waals surface area (Å²) in [6.07, 6.45) is 4.68. The van der Waals surface area contributed by atoms with E-state index in [2.05, 4.69) is 50.3 Å². The number of allylic oxidation sites excluding steroid dienone is 1. The van der Waals surface area contributed by atoms with Crippen molar-refractivity contribution in [3.05, 3.63) is 47.5 Å². The maximum absolute atomic E-state index is 12.9. The minimum absolute atomic E-state index is 0.0580. The van der Waals surface area contributed by atoms with Crippen molar-refractivity contribution in [1.29, 1.82) is 0 Å². The fourth-order valence-electron chi connectivity index (χ4n) is 6.83. The predicted molar refractivity (Wildman–Crippen MR) is 118 cm³/mol. The standard InChI is InChI=1S/C26H36N2O3/c1-18-7-6-10-20-15-22-23(24(29)26(18,20)2)21(25(30)31-22)17-28-13-11-27(12-14-28)16-19-8-4-3-5-9-19/h3-5,8-10,18,21-24,29H,6-7,11-17H2,1-2H3/p+2/t18-,21+,22-,23-,24-,26-/m1/s1. The minimum Gasteiger partial charge on any atom is -0.461 e. The smallest absolute Gasteiger partial charge is 0.315 e. The summed E-state index contributed by atoms with van der Waals surface area (Å²) in [4.78, 5) is 16.0. The molecule has 2 saturated heterocycles. The zero-order valence-corrected chi connectivity index (χ0v) is 19.0. The van der Waals surface area contributed by atoms with Gasteiger partial charge in [0, 0.05) is 23.3 Å². The van der Waals surface area contributed by atoms with Crippen LogP contribution >= 0.6 is 0 Å². The average Bonchev–Trinajstić information content (AvgIpc) is 3.07. The maximum Gasteiger partial charge on any atom is 0.315 e. The minimum atomic E-state index is -0.492. The van der Waals surface area contributed by atoms with E-state index in [1.807, 2.05) is 0 Å². The molecule has 0 spiro atoms. The van der Waals surface area contributed by atoms with Gasteiger partial charge in [0.2, 0.25) is 0 Å². The van der Waals surface area contributed by atoms with Crippen LogP contribution in [0.2, 0.25) is 0 Å². The van der Waals surface area contributed by atoms with Crippen molar-refractivity contribution in [3.8, 4) is 0 Å². The molecule has 5 heteroatoms. The van der Waals surface area contributed by atoms with Crippen LogP contribution in [0, 0.1) is 23.2 Å². The molecule has 2 aliphatic carbocycles. The van der Waals surface area contributed by atoms with E-state index >= 15 is 0 Å². The maximum atomic E-state index is 12.9. The third kappa shape index (κ3) is 3.75. The topological polar surface area (TPSA) is 55.4 Å². The number of fused-ring (bicyclic) bond motifs is 2. The van der Waals surface area contributed by atoms with Crippen molar-refractivity contribution in [3.63, 3.8) is 0 Å². The van der Waals surface area contributed by atoms with Crippen molar-refractivity contribution in [2.45, 2.75) is 51.9 Å². The number of nitrogens with one attached hydrogen (secondary N) is 2. The third-order valence-corrected chi connectivity index (χ3v) is 9.04. The Bertz CT molecular complexity index is 832. The van der Waals surface area contributed by atoms with Gasteiger partial charge >= 0.3 is 5.97 Å². The molecule has 0 radical (unpaired) electrons. The van der Waals surface area contributed by atoms with E-state index < -0.39 is 6.10 Å². The lowest BCUT2D eigenvalue weighted by molar-refractivity contribution is -1.02. The van der Waals surface area contributed by atoms with Gasteiger partial charge in [-0.25, -0.2) is 0 Å². The van der Waals surface area contributed by atoms with Gasteiger partial charge in [0.15, 0.2) is 0 Å². The Morgan fingerprint density at radius 2 is 1.84 bits per heavy atom. The summed E-state index contributed by atoms with van der Waals surface area (Å²) in [7, 11) is 0. The lowest BCUT2D eigenvalue weighted by Crippen LogP contribution is -3.27. The highest BCUT2D eigenvalue weighted by Crippen LogP contribution is 2.55. The summed E-state index contributed by atoms with van der Waals surface area (Å²) in [6, 6.07) is 10.7. The molecule has 5 rings (SSSR count). The largest absolute Gasteiger partial charge is 0.461 e. The van der Waals surface area contributed by atoms with Crippen LogP contribution in [-0.2, 0) is 16.1 Å². The molecule has 3 N–H and O–H groups in total. The first-order valence-corrected chi connectivity index (χ1v) is 12.3. The normalized spacial score (nSPS) is 42.4. The van der Waals surface area contributed by atoms with Crippen LogP contribution in [0.4, 0.5) is 0 Å². The number of hydrogen-bond donors (Lipinski definition) is 3. The molecule has 4 aliphatic rings. The van der Waals surface area contributed by atoms with Crippen LogP contribution < -0.4 is 9.80 Å². The lowest BCUT2D eigenvalue weighted by atomic mass is 9.55. The zero-order chi connectivity index (χ0) is 21.6. The summed E-state index contributed by atoms with van der Waals surface area (Å²) in [6.45, 7) is 10.8. The number of carbonyl (C=O) groups excluding carboxylic acids is 1. The van der Waals surface area contributed by atoms with Gasteiger partial charge in [-0.15, -0.1) is 0 Å². The second kappa shape index (κ2) is 8.34.